The minimum absolute atomic E-state index is 0.00147. The third-order valence-electron chi connectivity index (χ3n) is 5.57. The molecule has 5 nitrogen and oxygen atoms in total. The van der Waals surface area contributed by atoms with Crippen LogP contribution in [0.25, 0.3) is 0 Å². The zero-order valence-electron chi connectivity index (χ0n) is 17.3. The summed E-state index contributed by atoms with van der Waals surface area (Å²) < 4.78 is 5.65. The smallest absolute Gasteiger partial charge is 0.415 e. The summed E-state index contributed by atoms with van der Waals surface area (Å²) in [5.41, 5.74) is 2.31. The Morgan fingerprint density at radius 3 is 2.41 bits per heavy atom. The van der Waals surface area contributed by atoms with Crippen LogP contribution in [0.3, 0.4) is 0 Å². The Morgan fingerprint density at radius 2 is 1.69 bits per heavy atom. The van der Waals surface area contributed by atoms with Crippen molar-refractivity contribution >= 4 is 17.7 Å². The van der Waals surface area contributed by atoms with Crippen LogP contribution >= 0.6 is 0 Å². The molecular formula is C24H28N2O3. The van der Waals surface area contributed by atoms with Gasteiger partial charge in [0.1, 0.15) is 11.6 Å². The predicted molar refractivity (Wildman–Crippen MR) is 113 cm³/mol. The molecule has 4 rings (SSSR count). The van der Waals surface area contributed by atoms with Gasteiger partial charge >= 0.3 is 6.09 Å². The van der Waals surface area contributed by atoms with Crippen molar-refractivity contribution in [2.45, 2.75) is 57.7 Å². The molecular weight excluding hydrogens is 364 g/mol. The van der Waals surface area contributed by atoms with E-state index in [-0.39, 0.29) is 11.9 Å². The molecule has 0 saturated carbocycles. The van der Waals surface area contributed by atoms with Crippen molar-refractivity contribution in [2.75, 3.05) is 11.4 Å². The fourth-order valence-electron chi connectivity index (χ4n) is 4.36. The number of anilines is 1. The first kappa shape index (κ1) is 19.5. The third kappa shape index (κ3) is 3.86. The van der Waals surface area contributed by atoms with Gasteiger partial charge in [-0.15, -0.1) is 0 Å². The van der Waals surface area contributed by atoms with Crippen molar-refractivity contribution in [3.05, 3.63) is 65.7 Å². The van der Waals surface area contributed by atoms with Crippen LogP contribution in [0.2, 0.25) is 0 Å². The van der Waals surface area contributed by atoms with Gasteiger partial charge in [-0.05, 0) is 50.8 Å². The summed E-state index contributed by atoms with van der Waals surface area (Å²) in [4.78, 5) is 30.2. The van der Waals surface area contributed by atoms with Gasteiger partial charge in [0.2, 0.25) is 5.91 Å². The van der Waals surface area contributed by atoms with E-state index in [0.717, 1.165) is 29.7 Å². The van der Waals surface area contributed by atoms with E-state index in [1.54, 1.807) is 4.90 Å². The van der Waals surface area contributed by atoms with Crippen molar-refractivity contribution in [1.29, 1.82) is 0 Å². The van der Waals surface area contributed by atoms with E-state index >= 15 is 0 Å². The van der Waals surface area contributed by atoms with Gasteiger partial charge in [0.25, 0.3) is 0 Å². The number of ether oxygens (including phenoxy) is 1. The van der Waals surface area contributed by atoms with Crippen molar-refractivity contribution in [2.24, 2.45) is 0 Å². The minimum Gasteiger partial charge on any atom is -0.443 e. The van der Waals surface area contributed by atoms with Crippen LogP contribution in [0, 0.1) is 0 Å². The Kier molecular flexibility index (Phi) is 5.07. The molecule has 2 aromatic carbocycles. The highest BCUT2D eigenvalue weighted by molar-refractivity contribution is 6.00. The van der Waals surface area contributed by atoms with Gasteiger partial charge in [-0.25, -0.2) is 4.79 Å². The summed E-state index contributed by atoms with van der Waals surface area (Å²) in [5.74, 6) is -0.00147. The number of rotatable bonds is 2. The lowest BCUT2D eigenvalue weighted by Crippen LogP contribution is -2.50. The highest BCUT2D eigenvalue weighted by Gasteiger charge is 2.44. The van der Waals surface area contributed by atoms with E-state index in [1.165, 1.54) is 0 Å². The van der Waals surface area contributed by atoms with Crippen molar-refractivity contribution in [1.82, 2.24) is 4.90 Å². The molecule has 2 aromatic rings. The largest absolute Gasteiger partial charge is 0.443 e. The molecule has 29 heavy (non-hydrogen) atoms. The average Bonchev–Trinajstić information content (AvgIpc) is 3.31. The number of carbonyl (C=O) groups excluding carboxylic acids is 2. The van der Waals surface area contributed by atoms with Crippen LogP contribution < -0.4 is 4.90 Å². The summed E-state index contributed by atoms with van der Waals surface area (Å²) in [5, 5.41) is 0. The number of fused-ring (bicyclic) bond motifs is 1. The van der Waals surface area contributed by atoms with Crippen molar-refractivity contribution in [3.8, 4) is 0 Å². The molecule has 0 aromatic heterocycles. The van der Waals surface area contributed by atoms with E-state index in [2.05, 4.69) is 12.1 Å². The molecule has 5 heteroatoms. The molecule has 0 bridgehead atoms. The Bertz CT molecular complexity index is 904. The zero-order valence-corrected chi connectivity index (χ0v) is 17.3. The maximum atomic E-state index is 13.7. The van der Waals surface area contributed by atoms with Crippen LogP contribution in [-0.4, -0.2) is 35.1 Å². The molecule has 0 radical (unpaired) electrons. The number of amides is 2. The molecule has 1 saturated heterocycles. The first-order chi connectivity index (χ1) is 13.8. The Hall–Kier alpha value is -2.82. The lowest BCUT2D eigenvalue weighted by Gasteiger charge is -2.33. The number of benzene rings is 2. The standard InChI is InChI=1S/C24H28N2O3/c1-24(2,3)29-23(28)26-20-13-8-7-12-18(20)16-21(26)22(27)25-15-9-14-19(25)17-10-5-4-6-11-17/h4-8,10-13,19,21H,9,14-16H2,1-3H3/t19-,21+/m0/s1. The summed E-state index contributed by atoms with van der Waals surface area (Å²) in [6, 6.07) is 17.4. The zero-order chi connectivity index (χ0) is 20.6. The second-order valence-electron chi connectivity index (χ2n) is 8.80. The molecule has 2 heterocycles. The Labute approximate surface area is 172 Å². The highest BCUT2D eigenvalue weighted by atomic mass is 16.6. The monoisotopic (exact) mass is 392 g/mol. The van der Waals surface area contributed by atoms with Crippen molar-refractivity contribution in [3.63, 3.8) is 0 Å². The fraction of sp³-hybridized carbons (Fsp3) is 0.417. The average molecular weight is 392 g/mol. The molecule has 0 unspecified atom stereocenters. The first-order valence-electron chi connectivity index (χ1n) is 10.3. The van der Waals surface area contributed by atoms with Crippen LogP contribution in [0.1, 0.15) is 50.8 Å². The van der Waals surface area contributed by atoms with E-state index in [9.17, 15) is 9.59 Å². The first-order valence-corrected chi connectivity index (χ1v) is 10.3. The second-order valence-corrected chi connectivity index (χ2v) is 8.80. The lowest BCUT2D eigenvalue weighted by molar-refractivity contribution is -0.133. The fourth-order valence-corrected chi connectivity index (χ4v) is 4.36. The van der Waals surface area contributed by atoms with Gasteiger partial charge in [0.15, 0.2) is 0 Å². The molecule has 2 atom stereocenters. The van der Waals surface area contributed by atoms with Crippen molar-refractivity contribution < 1.29 is 14.3 Å². The molecule has 1 fully saturated rings. The number of hydrogen-bond acceptors (Lipinski definition) is 3. The number of hydrogen-bond donors (Lipinski definition) is 0. The number of para-hydroxylation sites is 1. The van der Waals surface area contributed by atoms with E-state index in [4.69, 9.17) is 4.74 Å². The van der Waals surface area contributed by atoms with Gasteiger partial charge in [-0.1, -0.05) is 48.5 Å². The maximum absolute atomic E-state index is 13.7. The molecule has 2 amide bonds. The van der Waals surface area contributed by atoms with E-state index in [0.29, 0.717) is 13.0 Å². The van der Waals surface area contributed by atoms with Crippen LogP contribution in [0.5, 0.6) is 0 Å². The normalized spacial score (nSPS) is 21.2. The molecule has 0 spiro atoms. The van der Waals surface area contributed by atoms with Gasteiger partial charge in [-0.3, -0.25) is 9.69 Å². The third-order valence-corrected chi connectivity index (χ3v) is 5.57. The molecule has 2 aliphatic rings. The predicted octanol–water partition coefficient (Wildman–Crippen LogP) is 4.72. The van der Waals surface area contributed by atoms with Gasteiger partial charge in [0, 0.05) is 13.0 Å². The molecule has 0 aliphatic carbocycles. The summed E-state index contributed by atoms with van der Waals surface area (Å²) in [7, 11) is 0. The van der Waals surface area contributed by atoms with Gasteiger partial charge in [-0.2, -0.15) is 0 Å². The summed E-state index contributed by atoms with van der Waals surface area (Å²) in [6.45, 7) is 6.24. The molecule has 0 N–H and O–H groups in total. The van der Waals surface area contributed by atoms with E-state index in [1.807, 2.05) is 68.1 Å². The summed E-state index contributed by atoms with van der Waals surface area (Å²) in [6.07, 6.45) is 1.97. The number of nitrogens with zero attached hydrogens (tertiary/aromatic N) is 2. The van der Waals surface area contributed by atoms with Gasteiger partial charge < -0.3 is 9.64 Å². The van der Waals surface area contributed by atoms with Gasteiger partial charge in [0.05, 0.1) is 11.7 Å². The Balaban J connectivity index is 1.64. The lowest BCUT2D eigenvalue weighted by atomic mass is 10.0. The van der Waals surface area contributed by atoms with Crippen LogP contribution in [-0.2, 0) is 16.0 Å². The maximum Gasteiger partial charge on any atom is 0.415 e. The summed E-state index contributed by atoms with van der Waals surface area (Å²) >= 11 is 0. The van der Waals surface area contributed by atoms with Crippen LogP contribution in [0.4, 0.5) is 10.5 Å². The SMILES string of the molecule is CC(C)(C)OC(=O)N1c2ccccc2C[C@@H]1C(=O)N1CCC[C@H]1c1ccccc1. The Morgan fingerprint density at radius 1 is 1.00 bits per heavy atom. The van der Waals surface area contributed by atoms with E-state index < -0.39 is 17.7 Å². The molecule has 2 aliphatic heterocycles. The quantitative estimate of drug-likeness (QED) is 0.743. The number of likely N-dealkylation sites (tertiary alicyclic amines) is 1. The number of carbonyl (C=O) groups is 2. The molecule has 152 valence electrons. The highest BCUT2D eigenvalue weighted by Crippen LogP contribution is 2.38. The van der Waals surface area contributed by atoms with Crippen LogP contribution in [0.15, 0.2) is 54.6 Å². The minimum atomic E-state index is -0.623. The second kappa shape index (κ2) is 7.54. The topological polar surface area (TPSA) is 49.9 Å².